The normalized spacial score (nSPS) is 25.2. The number of amides is 2. The maximum absolute atomic E-state index is 13.5. The predicted molar refractivity (Wildman–Crippen MR) is 87.5 cm³/mol. The Kier molecular flexibility index (Phi) is 3.82. The van der Waals surface area contributed by atoms with E-state index in [9.17, 15) is 14.0 Å². The van der Waals surface area contributed by atoms with Crippen LogP contribution in [0.5, 0.6) is 0 Å². The standard InChI is InChI=1S/C19H23FN2O2/c20-16-5-1-4-15(11-16)19(8-9-19)21-17(23)14-3-2-10-22(12-14)18(24)13-6-7-13/h1,4-5,11,13-14H,2-3,6-10,12H2,(H,21,23)/t14-/m1/s1. The van der Waals surface area contributed by atoms with Crippen molar-refractivity contribution < 1.29 is 14.0 Å². The highest BCUT2D eigenvalue weighted by Crippen LogP contribution is 2.46. The van der Waals surface area contributed by atoms with Crippen molar-refractivity contribution in [2.24, 2.45) is 11.8 Å². The predicted octanol–water partition coefficient (Wildman–Crippen LogP) is 2.58. The van der Waals surface area contributed by atoms with E-state index in [4.69, 9.17) is 0 Å². The number of carbonyl (C=O) groups is 2. The Labute approximate surface area is 141 Å². The summed E-state index contributed by atoms with van der Waals surface area (Å²) in [6, 6.07) is 6.49. The van der Waals surface area contributed by atoms with Gasteiger partial charge in [-0.1, -0.05) is 12.1 Å². The topological polar surface area (TPSA) is 49.4 Å². The van der Waals surface area contributed by atoms with Crippen LogP contribution in [0.3, 0.4) is 0 Å². The number of benzene rings is 1. The van der Waals surface area contributed by atoms with Crippen LogP contribution in [0.25, 0.3) is 0 Å². The van der Waals surface area contributed by atoms with Gasteiger partial charge in [0, 0.05) is 19.0 Å². The number of hydrogen-bond donors (Lipinski definition) is 1. The van der Waals surface area contributed by atoms with E-state index >= 15 is 0 Å². The molecule has 0 spiro atoms. The Morgan fingerprint density at radius 3 is 2.62 bits per heavy atom. The third kappa shape index (κ3) is 3.04. The lowest BCUT2D eigenvalue weighted by Gasteiger charge is -2.33. The van der Waals surface area contributed by atoms with Gasteiger partial charge in [-0.2, -0.15) is 0 Å². The van der Waals surface area contributed by atoms with Gasteiger partial charge in [-0.15, -0.1) is 0 Å². The van der Waals surface area contributed by atoms with E-state index in [1.165, 1.54) is 12.1 Å². The minimum absolute atomic E-state index is 0.00468. The molecule has 2 saturated carbocycles. The van der Waals surface area contributed by atoms with E-state index in [0.29, 0.717) is 6.54 Å². The van der Waals surface area contributed by atoms with Crippen molar-refractivity contribution in [3.05, 3.63) is 35.6 Å². The quantitative estimate of drug-likeness (QED) is 0.922. The van der Waals surface area contributed by atoms with Gasteiger partial charge in [0.15, 0.2) is 0 Å². The van der Waals surface area contributed by atoms with E-state index in [0.717, 1.165) is 50.6 Å². The van der Waals surface area contributed by atoms with Crippen LogP contribution < -0.4 is 5.32 Å². The van der Waals surface area contributed by atoms with Crippen LogP contribution in [0.15, 0.2) is 24.3 Å². The summed E-state index contributed by atoms with van der Waals surface area (Å²) >= 11 is 0. The monoisotopic (exact) mass is 330 g/mol. The lowest BCUT2D eigenvalue weighted by Crippen LogP contribution is -2.48. The van der Waals surface area contributed by atoms with Crippen molar-refractivity contribution in [2.45, 2.75) is 44.1 Å². The highest BCUT2D eigenvalue weighted by Gasteiger charge is 2.47. The molecule has 1 aromatic rings. The van der Waals surface area contributed by atoms with Crippen molar-refractivity contribution in [2.75, 3.05) is 13.1 Å². The molecule has 128 valence electrons. The summed E-state index contributed by atoms with van der Waals surface area (Å²) < 4.78 is 13.5. The molecule has 2 aliphatic carbocycles. The lowest BCUT2D eigenvalue weighted by molar-refractivity contribution is -0.137. The molecule has 1 aliphatic heterocycles. The molecule has 3 fully saturated rings. The zero-order valence-electron chi connectivity index (χ0n) is 13.8. The van der Waals surface area contributed by atoms with Gasteiger partial charge in [-0.05, 0) is 56.2 Å². The van der Waals surface area contributed by atoms with E-state index in [1.807, 2.05) is 11.0 Å². The van der Waals surface area contributed by atoms with Gasteiger partial charge in [-0.25, -0.2) is 4.39 Å². The number of carbonyl (C=O) groups excluding carboxylic acids is 2. The number of piperidine rings is 1. The molecular formula is C19H23FN2O2. The summed E-state index contributed by atoms with van der Waals surface area (Å²) in [6.07, 6.45) is 5.38. The average molecular weight is 330 g/mol. The lowest BCUT2D eigenvalue weighted by atomic mass is 9.95. The fourth-order valence-corrected chi connectivity index (χ4v) is 3.71. The summed E-state index contributed by atoms with van der Waals surface area (Å²) in [4.78, 5) is 26.8. The minimum Gasteiger partial charge on any atom is -0.346 e. The smallest absolute Gasteiger partial charge is 0.225 e. The number of rotatable bonds is 4. The third-order valence-electron chi connectivity index (χ3n) is 5.52. The number of hydrogen-bond acceptors (Lipinski definition) is 2. The molecule has 1 heterocycles. The summed E-state index contributed by atoms with van der Waals surface area (Å²) in [5.41, 5.74) is 0.444. The van der Waals surface area contributed by atoms with Gasteiger partial charge in [0.2, 0.25) is 11.8 Å². The van der Waals surface area contributed by atoms with E-state index in [-0.39, 0.29) is 29.5 Å². The molecule has 3 aliphatic rings. The fraction of sp³-hybridized carbons (Fsp3) is 0.579. The highest BCUT2D eigenvalue weighted by atomic mass is 19.1. The molecule has 1 atom stereocenters. The molecule has 4 nitrogen and oxygen atoms in total. The van der Waals surface area contributed by atoms with Crippen LogP contribution in [0.1, 0.15) is 44.1 Å². The molecule has 0 unspecified atom stereocenters. The first-order chi connectivity index (χ1) is 11.6. The van der Waals surface area contributed by atoms with Crippen molar-refractivity contribution >= 4 is 11.8 Å². The molecule has 0 bridgehead atoms. The van der Waals surface area contributed by atoms with Crippen LogP contribution in [0.2, 0.25) is 0 Å². The van der Waals surface area contributed by atoms with E-state index in [1.54, 1.807) is 6.07 Å². The second-order valence-corrected chi connectivity index (χ2v) is 7.48. The summed E-state index contributed by atoms with van der Waals surface area (Å²) in [7, 11) is 0. The van der Waals surface area contributed by atoms with Gasteiger partial charge in [-0.3, -0.25) is 9.59 Å². The Morgan fingerprint density at radius 1 is 1.17 bits per heavy atom. The van der Waals surface area contributed by atoms with Gasteiger partial charge in [0.1, 0.15) is 5.82 Å². The Hall–Kier alpha value is -1.91. The van der Waals surface area contributed by atoms with Crippen LogP contribution >= 0.6 is 0 Å². The minimum atomic E-state index is -0.401. The molecule has 4 rings (SSSR count). The summed E-state index contributed by atoms with van der Waals surface area (Å²) in [5.74, 6) is 0.0112. The van der Waals surface area contributed by atoms with E-state index < -0.39 is 5.54 Å². The number of likely N-dealkylation sites (tertiary alicyclic amines) is 1. The highest BCUT2D eigenvalue weighted by molar-refractivity contribution is 5.84. The number of nitrogens with one attached hydrogen (secondary N) is 1. The second kappa shape index (κ2) is 5.87. The molecule has 1 N–H and O–H groups in total. The zero-order valence-corrected chi connectivity index (χ0v) is 13.8. The maximum atomic E-state index is 13.5. The number of nitrogens with zero attached hydrogens (tertiary/aromatic N) is 1. The average Bonchev–Trinajstić information content (AvgIpc) is 3.49. The molecule has 0 aromatic heterocycles. The summed E-state index contributed by atoms with van der Waals surface area (Å²) in [5, 5.41) is 3.14. The molecule has 2 amide bonds. The van der Waals surface area contributed by atoms with Crippen molar-refractivity contribution in [1.82, 2.24) is 10.2 Å². The van der Waals surface area contributed by atoms with Crippen molar-refractivity contribution in [3.8, 4) is 0 Å². The van der Waals surface area contributed by atoms with Crippen LogP contribution in [-0.4, -0.2) is 29.8 Å². The molecule has 24 heavy (non-hydrogen) atoms. The zero-order chi connectivity index (χ0) is 16.7. The van der Waals surface area contributed by atoms with Gasteiger partial charge >= 0.3 is 0 Å². The number of halogens is 1. The molecule has 1 saturated heterocycles. The van der Waals surface area contributed by atoms with Gasteiger partial charge < -0.3 is 10.2 Å². The molecule has 1 aromatic carbocycles. The largest absolute Gasteiger partial charge is 0.346 e. The second-order valence-electron chi connectivity index (χ2n) is 7.48. The van der Waals surface area contributed by atoms with Crippen molar-refractivity contribution in [1.29, 1.82) is 0 Å². The van der Waals surface area contributed by atoms with Crippen LogP contribution in [-0.2, 0) is 15.1 Å². The molecular weight excluding hydrogens is 307 g/mol. The molecule has 0 radical (unpaired) electrons. The summed E-state index contributed by atoms with van der Waals surface area (Å²) in [6.45, 7) is 1.30. The van der Waals surface area contributed by atoms with Crippen LogP contribution in [0.4, 0.5) is 4.39 Å². The first-order valence-corrected chi connectivity index (χ1v) is 8.94. The maximum Gasteiger partial charge on any atom is 0.225 e. The Morgan fingerprint density at radius 2 is 1.96 bits per heavy atom. The van der Waals surface area contributed by atoms with E-state index in [2.05, 4.69) is 5.32 Å². The van der Waals surface area contributed by atoms with Crippen molar-refractivity contribution in [3.63, 3.8) is 0 Å². The van der Waals surface area contributed by atoms with Gasteiger partial charge in [0.25, 0.3) is 0 Å². The first-order valence-electron chi connectivity index (χ1n) is 8.94. The SMILES string of the molecule is O=C(NC1(c2cccc(F)c2)CC1)[C@@H]1CCCN(C(=O)C2CC2)C1. The fourth-order valence-electron chi connectivity index (χ4n) is 3.71. The molecule has 5 heteroatoms. The Bertz CT molecular complexity index is 667. The Balaban J connectivity index is 1.41. The van der Waals surface area contributed by atoms with Gasteiger partial charge in [0.05, 0.1) is 11.5 Å². The first kappa shape index (κ1) is 15.6. The van der Waals surface area contributed by atoms with Crippen LogP contribution in [0, 0.1) is 17.7 Å². The third-order valence-corrected chi connectivity index (χ3v) is 5.52.